The van der Waals surface area contributed by atoms with Gasteiger partial charge in [0.15, 0.2) is 5.65 Å². The van der Waals surface area contributed by atoms with Crippen molar-refractivity contribution in [1.82, 2.24) is 19.5 Å². The van der Waals surface area contributed by atoms with Crippen molar-refractivity contribution in [3.63, 3.8) is 0 Å². The molecule has 2 aliphatic heterocycles. The summed E-state index contributed by atoms with van der Waals surface area (Å²) in [5, 5.41) is 4.83. The number of benzene rings is 1. The van der Waals surface area contributed by atoms with Crippen LogP contribution in [0.25, 0.3) is 5.65 Å². The molecule has 0 saturated carbocycles. The lowest BCUT2D eigenvalue weighted by atomic mass is 9.98. The third-order valence-corrected chi connectivity index (χ3v) is 7.44. The van der Waals surface area contributed by atoms with E-state index in [-0.39, 0.29) is 11.9 Å². The Labute approximate surface area is 206 Å². The van der Waals surface area contributed by atoms with Crippen molar-refractivity contribution in [2.75, 3.05) is 35.5 Å². The molecule has 10 heteroatoms. The zero-order valence-corrected chi connectivity index (χ0v) is 21.3. The average Bonchev–Trinajstić information content (AvgIpc) is 3.49. The number of nitrogens with zero attached hydrogens (tertiary/aromatic N) is 5. The van der Waals surface area contributed by atoms with E-state index < -0.39 is 10.0 Å². The second-order valence-corrected chi connectivity index (χ2v) is 11.5. The van der Waals surface area contributed by atoms with Crippen LogP contribution in [-0.2, 0) is 10.0 Å². The molecule has 3 aromatic rings. The summed E-state index contributed by atoms with van der Waals surface area (Å²) in [5.41, 5.74) is 4.23. The number of piperidine rings is 1. The third kappa shape index (κ3) is 4.84. The number of carbonyl (C=O) groups is 1. The SMILES string of the molecule is Cc1ccc(NS(C)(=O)=O)c(C(=O)N2CCCCC2c2cn3nc(N4CCCC4)cc(C)c3n2)c1. The predicted molar refractivity (Wildman–Crippen MR) is 136 cm³/mol. The first kappa shape index (κ1) is 23.6. The first-order valence-electron chi connectivity index (χ1n) is 12.2. The number of sulfonamides is 1. The normalized spacial score (nSPS) is 18.9. The van der Waals surface area contributed by atoms with Crippen molar-refractivity contribution < 1.29 is 13.2 Å². The standard InChI is InChI=1S/C25H32N6O3S/c1-17-9-10-20(28-35(3,33)34)19(14-17)25(32)30-13-5-4-8-22(30)21-16-31-24(26-21)18(2)15-23(27-31)29-11-6-7-12-29/h9-10,14-16,22,28H,4-8,11-13H2,1-3H3. The highest BCUT2D eigenvalue weighted by atomic mass is 32.2. The van der Waals surface area contributed by atoms with Crippen LogP contribution in [0, 0.1) is 13.8 Å². The number of hydrogen-bond acceptors (Lipinski definition) is 6. The molecular weight excluding hydrogens is 464 g/mol. The number of amides is 1. The largest absolute Gasteiger partial charge is 0.355 e. The number of rotatable bonds is 5. The Morgan fingerprint density at radius 3 is 2.54 bits per heavy atom. The maximum atomic E-state index is 13.8. The summed E-state index contributed by atoms with van der Waals surface area (Å²) < 4.78 is 28.2. The number of anilines is 2. The fourth-order valence-corrected chi connectivity index (χ4v) is 5.73. The molecule has 2 aliphatic rings. The van der Waals surface area contributed by atoms with E-state index >= 15 is 0 Å². The molecule has 0 radical (unpaired) electrons. The molecule has 0 bridgehead atoms. The molecule has 186 valence electrons. The van der Waals surface area contributed by atoms with Gasteiger partial charge >= 0.3 is 0 Å². The summed E-state index contributed by atoms with van der Waals surface area (Å²) in [6, 6.07) is 7.10. The molecule has 1 N–H and O–H groups in total. The maximum absolute atomic E-state index is 13.8. The van der Waals surface area contributed by atoms with Crippen LogP contribution in [0.5, 0.6) is 0 Å². The van der Waals surface area contributed by atoms with E-state index in [1.54, 1.807) is 18.2 Å². The van der Waals surface area contributed by atoms with Gasteiger partial charge in [0.05, 0.1) is 35.4 Å². The second-order valence-electron chi connectivity index (χ2n) is 9.75. The Morgan fingerprint density at radius 2 is 1.80 bits per heavy atom. The Balaban J connectivity index is 1.50. The van der Waals surface area contributed by atoms with Crippen LogP contribution in [0.3, 0.4) is 0 Å². The molecule has 4 heterocycles. The van der Waals surface area contributed by atoms with Crippen molar-refractivity contribution in [2.24, 2.45) is 0 Å². The predicted octanol–water partition coefficient (Wildman–Crippen LogP) is 3.69. The lowest BCUT2D eigenvalue weighted by Crippen LogP contribution is -2.39. The van der Waals surface area contributed by atoms with Crippen LogP contribution < -0.4 is 9.62 Å². The van der Waals surface area contributed by atoms with Crippen LogP contribution in [0.1, 0.15) is 65.3 Å². The molecule has 1 amide bonds. The lowest BCUT2D eigenvalue weighted by Gasteiger charge is -2.35. The molecule has 5 rings (SSSR count). The van der Waals surface area contributed by atoms with Crippen molar-refractivity contribution in [3.05, 3.63) is 52.8 Å². The Hall–Kier alpha value is -3.14. The fourth-order valence-electron chi connectivity index (χ4n) is 5.15. The minimum absolute atomic E-state index is 0.191. The van der Waals surface area contributed by atoms with Crippen molar-refractivity contribution in [3.8, 4) is 0 Å². The van der Waals surface area contributed by atoms with Crippen LogP contribution in [0.15, 0.2) is 30.5 Å². The summed E-state index contributed by atoms with van der Waals surface area (Å²) in [7, 11) is -3.52. The molecule has 0 aliphatic carbocycles. The van der Waals surface area contributed by atoms with Crippen LogP contribution in [-0.4, -0.2) is 59.7 Å². The summed E-state index contributed by atoms with van der Waals surface area (Å²) in [6.45, 7) is 6.57. The van der Waals surface area contributed by atoms with E-state index in [1.165, 1.54) is 12.8 Å². The monoisotopic (exact) mass is 496 g/mol. The van der Waals surface area contributed by atoms with Gasteiger partial charge in [0.2, 0.25) is 10.0 Å². The third-order valence-electron chi connectivity index (χ3n) is 6.85. The maximum Gasteiger partial charge on any atom is 0.256 e. The molecule has 35 heavy (non-hydrogen) atoms. The van der Waals surface area contributed by atoms with Gasteiger partial charge in [-0.2, -0.15) is 0 Å². The number of imidazole rings is 1. The van der Waals surface area contributed by atoms with Crippen molar-refractivity contribution in [1.29, 1.82) is 0 Å². The van der Waals surface area contributed by atoms with Gasteiger partial charge in [0, 0.05) is 19.6 Å². The second kappa shape index (κ2) is 9.14. The first-order chi connectivity index (χ1) is 16.7. The highest BCUT2D eigenvalue weighted by Gasteiger charge is 2.32. The van der Waals surface area contributed by atoms with E-state index in [0.717, 1.165) is 66.9 Å². The molecule has 1 aromatic carbocycles. The zero-order valence-electron chi connectivity index (χ0n) is 20.5. The van der Waals surface area contributed by atoms with Crippen LogP contribution >= 0.6 is 0 Å². The highest BCUT2D eigenvalue weighted by molar-refractivity contribution is 7.92. The average molecular weight is 497 g/mol. The molecule has 1 atom stereocenters. The topological polar surface area (TPSA) is 99.9 Å². The van der Waals surface area contributed by atoms with E-state index in [9.17, 15) is 13.2 Å². The van der Waals surface area contributed by atoms with Gasteiger partial charge in [-0.1, -0.05) is 11.6 Å². The number of hydrogen-bond donors (Lipinski definition) is 1. The minimum atomic E-state index is -3.52. The molecular formula is C25H32N6O3S. The molecule has 9 nitrogen and oxygen atoms in total. The Morgan fingerprint density at radius 1 is 1.06 bits per heavy atom. The van der Waals surface area contributed by atoms with Crippen molar-refractivity contribution >= 4 is 33.1 Å². The quantitative estimate of drug-likeness (QED) is 0.578. The van der Waals surface area contributed by atoms with Gasteiger partial charge in [-0.3, -0.25) is 9.52 Å². The molecule has 2 fully saturated rings. The van der Waals surface area contributed by atoms with Gasteiger partial charge in [-0.05, 0) is 69.7 Å². The Bertz CT molecular complexity index is 1380. The van der Waals surface area contributed by atoms with E-state index in [4.69, 9.17) is 10.1 Å². The van der Waals surface area contributed by atoms with Crippen LogP contribution in [0.4, 0.5) is 11.5 Å². The smallest absolute Gasteiger partial charge is 0.256 e. The van der Waals surface area contributed by atoms with Gasteiger partial charge in [-0.25, -0.2) is 17.9 Å². The van der Waals surface area contributed by atoms with E-state index in [1.807, 2.05) is 29.5 Å². The molecule has 1 unspecified atom stereocenters. The number of nitrogens with one attached hydrogen (secondary N) is 1. The van der Waals surface area contributed by atoms with E-state index in [2.05, 4.69) is 15.7 Å². The molecule has 2 aromatic heterocycles. The van der Waals surface area contributed by atoms with Crippen molar-refractivity contribution in [2.45, 2.75) is 52.0 Å². The summed E-state index contributed by atoms with van der Waals surface area (Å²) >= 11 is 0. The number of carbonyl (C=O) groups excluding carboxylic acids is 1. The number of fused-ring (bicyclic) bond motifs is 1. The van der Waals surface area contributed by atoms with Gasteiger partial charge in [0.25, 0.3) is 5.91 Å². The minimum Gasteiger partial charge on any atom is -0.355 e. The zero-order chi connectivity index (χ0) is 24.7. The Kier molecular flexibility index (Phi) is 6.16. The first-order valence-corrected chi connectivity index (χ1v) is 14.1. The molecule has 2 saturated heterocycles. The highest BCUT2D eigenvalue weighted by Crippen LogP contribution is 2.34. The number of aryl methyl sites for hydroxylation is 2. The van der Waals surface area contributed by atoms with E-state index in [0.29, 0.717) is 17.8 Å². The number of likely N-dealkylation sites (tertiary alicyclic amines) is 1. The van der Waals surface area contributed by atoms with Gasteiger partial charge in [0.1, 0.15) is 5.82 Å². The van der Waals surface area contributed by atoms with Gasteiger partial charge < -0.3 is 9.80 Å². The lowest BCUT2D eigenvalue weighted by molar-refractivity contribution is 0.0607. The number of aromatic nitrogens is 3. The summed E-state index contributed by atoms with van der Waals surface area (Å²) in [5.74, 6) is 0.772. The summed E-state index contributed by atoms with van der Waals surface area (Å²) in [4.78, 5) is 22.8. The molecule has 0 spiro atoms. The van der Waals surface area contributed by atoms with Gasteiger partial charge in [-0.15, -0.1) is 5.10 Å². The summed E-state index contributed by atoms with van der Waals surface area (Å²) in [6.07, 6.45) is 8.10. The van der Waals surface area contributed by atoms with Crippen LogP contribution in [0.2, 0.25) is 0 Å². The fraction of sp³-hybridized carbons (Fsp3) is 0.480.